The molecule has 1 nitrogen and oxygen atoms in total. The summed E-state index contributed by atoms with van der Waals surface area (Å²) in [5.74, 6) is 0.438. The van der Waals surface area contributed by atoms with Crippen LogP contribution in [0.5, 0.6) is 0 Å². The van der Waals surface area contributed by atoms with E-state index in [1.54, 1.807) is 0 Å². The molecule has 0 heterocycles. The average molecular weight is 135 g/mol. The number of hydrogen-bond donors (Lipinski definition) is 0. The highest BCUT2D eigenvalue weighted by atomic mass is 14.6. The summed E-state index contributed by atoms with van der Waals surface area (Å²) in [6, 6.07) is 2.40. The number of nitrogens with zero attached hydrogens (tertiary/aromatic N) is 1. The predicted octanol–water partition coefficient (Wildman–Crippen LogP) is 2.48. The Morgan fingerprint density at radius 3 is 2.40 bits per heavy atom. The van der Waals surface area contributed by atoms with Gasteiger partial charge in [-0.25, -0.2) is 0 Å². The molecule has 0 unspecified atom stereocenters. The van der Waals surface area contributed by atoms with E-state index in [9.17, 15) is 0 Å². The van der Waals surface area contributed by atoms with Gasteiger partial charge in [0.1, 0.15) is 0 Å². The Morgan fingerprint density at radius 1 is 1.20 bits per heavy atom. The molecule has 0 aromatic rings. The molecule has 10 heavy (non-hydrogen) atoms. The van der Waals surface area contributed by atoms with Crippen LogP contribution in [0.25, 0.3) is 0 Å². The molecular formula is C9H13N. The van der Waals surface area contributed by atoms with Crippen LogP contribution in [0.4, 0.5) is 0 Å². The van der Waals surface area contributed by atoms with Gasteiger partial charge in [-0.05, 0) is 24.7 Å². The van der Waals surface area contributed by atoms with Gasteiger partial charge in [-0.3, -0.25) is 0 Å². The normalized spacial score (nSPS) is 35.3. The fourth-order valence-corrected chi connectivity index (χ4v) is 2.34. The summed E-state index contributed by atoms with van der Waals surface area (Å²) < 4.78 is 0. The molecule has 2 aliphatic rings. The molecule has 0 N–H and O–H groups in total. The van der Waals surface area contributed by atoms with Crippen molar-refractivity contribution in [2.45, 2.75) is 38.5 Å². The molecule has 2 aliphatic carbocycles. The number of nitriles is 1. The molecule has 2 rings (SSSR count). The van der Waals surface area contributed by atoms with E-state index in [4.69, 9.17) is 5.26 Å². The largest absolute Gasteiger partial charge is 0.198 e. The second-order valence-electron chi connectivity index (χ2n) is 3.81. The van der Waals surface area contributed by atoms with E-state index in [0.29, 0.717) is 11.3 Å². The lowest BCUT2D eigenvalue weighted by Gasteiger charge is -2.20. The van der Waals surface area contributed by atoms with Crippen molar-refractivity contribution in [2.75, 3.05) is 0 Å². The fourth-order valence-electron chi connectivity index (χ4n) is 2.34. The quantitative estimate of drug-likeness (QED) is 0.500. The van der Waals surface area contributed by atoms with Crippen LogP contribution in [0.3, 0.4) is 0 Å². The van der Waals surface area contributed by atoms with Gasteiger partial charge in [0.2, 0.25) is 0 Å². The molecule has 1 atom stereocenters. The van der Waals surface area contributed by atoms with Crippen LogP contribution in [-0.2, 0) is 0 Å². The molecule has 1 heteroatoms. The minimum Gasteiger partial charge on any atom is -0.198 e. The first kappa shape index (κ1) is 6.22. The second-order valence-corrected chi connectivity index (χ2v) is 3.81. The van der Waals surface area contributed by atoms with Gasteiger partial charge >= 0.3 is 0 Å². The van der Waals surface area contributed by atoms with E-state index in [1.807, 2.05) is 0 Å². The van der Waals surface area contributed by atoms with E-state index in [0.717, 1.165) is 0 Å². The van der Waals surface area contributed by atoms with E-state index < -0.39 is 0 Å². The van der Waals surface area contributed by atoms with Crippen molar-refractivity contribution in [3.05, 3.63) is 0 Å². The van der Waals surface area contributed by atoms with E-state index in [2.05, 4.69) is 6.07 Å². The number of hydrogen-bond acceptors (Lipinski definition) is 1. The summed E-state index contributed by atoms with van der Waals surface area (Å²) >= 11 is 0. The van der Waals surface area contributed by atoms with Crippen LogP contribution in [0.1, 0.15) is 38.5 Å². The van der Waals surface area contributed by atoms with Crippen molar-refractivity contribution in [3.63, 3.8) is 0 Å². The lowest BCUT2D eigenvalue weighted by Crippen LogP contribution is -2.08. The summed E-state index contributed by atoms with van der Waals surface area (Å²) in [6.07, 6.45) is 8.04. The average Bonchev–Trinajstić information content (AvgIpc) is 2.65. The lowest BCUT2D eigenvalue weighted by molar-refractivity contribution is 0.322. The van der Waals surface area contributed by atoms with Gasteiger partial charge in [0.05, 0.1) is 12.0 Å². The maximum absolute atomic E-state index is 8.67. The van der Waals surface area contributed by atoms with E-state index in [1.165, 1.54) is 38.5 Å². The van der Waals surface area contributed by atoms with Gasteiger partial charge < -0.3 is 0 Å². The summed E-state index contributed by atoms with van der Waals surface area (Å²) in [6.45, 7) is 0. The zero-order chi connectivity index (χ0) is 7.03. The molecule has 2 fully saturated rings. The van der Waals surface area contributed by atoms with Crippen LogP contribution in [0, 0.1) is 22.7 Å². The molecule has 0 aromatic heterocycles. The van der Waals surface area contributed by atoms with Gasteiger partial charge in [0.15, 0.2) is 0 Å². The minimum atomic E-state index is 0.438. The van der Waals surface area contributed by atoms with Crippen molar-refractivity contribution in [3.8, 4) is 6.07 Å². The molecule has 0 amide bonds. The highest BCUT2D eigenvalue weighted by molar-refractivity contribution is 5.12. The van der Waals surface area contributed by atoms with Crippen molar-refractivity contribution in [1.82, 2.24) is 0 Å². The molecule has 0 radical (unpaired) electrons. The minimum absolute atomic E-state index is 0.438. The standard InChI is InChI=1S/C9H13N/c10-7-8-6-9(8)4-2-1-3-5-9/h8H,1-6H2/t8-/m0/s1. The van der Waals surface area contributed by atoms with Crippen LogP contribution in [-0.4, -0.2) is 0 Å². The molecule has 0 aromatic carbocycles. The lowest BCUT2D eigenvalue weighted by atomic mass is 9.85. The summed E-state index contributed by atoms with van der Waals surface area (Å²) in [5, 5.41) is 8.67. The van der Waals surface area contributed by atoms with Crippen molar-refractivity contribution >= 4 is 0 Å². The summed E-state index contributed by atoms with van der Waals surface area (Å²) in [5.41, 5.74) is 0.535. The van der Waals surface area contributed by atoms with Gasteiger partial charge in [-0.15, -0.1) is 0 Å². The first-order valence-electron chi connectivity index (χ1n) is 4.27. The highest BCUT2D eigenvalue weighted by Crippen LogP contribution is 2.60. The third kappa shape index (κ3) is 0.751. The fraction of sp³-hybridized carbons (Fsp3) is 0.889. The third-order valence-electron chi connectivity index (χ3n) is 3.19. The SMILES string of the molecule is N#C[C@@H]1CC12CCCCC2. The smallest absolute Gasteiger partial charge is 0.0661 e. The Labute approximate surface area is 62.0 Å². The highest BCUT2D eigenvalue weighted by Gasteiger charge is 2.53. The molecule has 1 spiro atoms. The molecule has 54 valence electrons. The Balaban J connectivity index is 1.99. The van der Waals surface area contributed by atoms with Gasteiger partial charge in [-0.2, -0.15) is 5.26 Å². The first-order valence-corrected chi connectivity index (χ1v) is 4.27. The van der Waals surface area contributed by atoms with Crippen molar-refractivity contribution in [2.24, 2.45) is 11.3 Å². The molecule has 0 saturated heterocycles. The van der Waals surface area contributed by atoms with Crippen LogP contribution < -0.4 is 0 Å². The molecular weight excluding hydrogens is 122 g/mol. The third-order valence-corrected chi connectivity index (χ3v) is 3.19. The van der Waals surface area contributed by atoms with E-state index >= 15 is 0 Å². The zero-order valence-electron chi connectivity index (χ0n) is 6.27. The predicted molar refractivity (Wildman–Crippen MR) is 39.2 cm³/mol. The molecule has 0 aliphatic heterocycles. The Bertz CT molecular complexity index is 172. The van der Waals surface area contributed by atoms with Crippen molar-refractivity contribution in [1.29, 1.82) is 5.26 Å². The zero-order valence-corrected chi connectivity index (χ0v) is 6.27. The number of rotatable bonds is 0. The van der Waals surface area contributed by atoms with Crippen molar-refractivity contribution < 1.29 is 0 Å². The van der Waals surface area contributed by atoms with Crippen LogP contribution >= 0.6 is 0 Å². The van der Waals surface area contributed by atoms with Crippen LogP contribution in [0.2, 0.25) is 0 Å². The Morgan fingerprint density at radius 2 is 1.90 bits per heavy atom. The van der Waals surface area contributed by atoms with Crippen LogP contribution in [0.15, 0.2) is 0 Å². The molecule has 2 saturated carbocycles. The van der Waals surface area contributed by atoms with Gasteiger partial charge in [0, 0.05) is 0 Å². The van der Waals surface area contributed by atoms with Gasteiger partial charge in [-0.1, -0.05) is 19.3 Å². The summed E-state index contributed by atoms with van der Waals surface area (Å²) in [4.78, 5) is 0. The monoisotopic (exact) mass is 135 g/mol. The maximum Gasteiger partial charge on any atom is 0.0661 e. The van der Waals surface area contributed by atoms with Gasteiger partial charge in [0.25, 0.3) is 0 Å². The Kier molecular flexibility index (Phi) is 1.23. The molecule has 0 bridgehead atoms. The Hall–Kier alpha value is -0.510. The summed E-state index contributed by atoms with van der Waals surface area (Å²) in [7, 11) is 0. The first-order chi connectivity index (χ1) is 4.87. The second kappa shape index (κ2) is 1.99. The van der Waals surface area contributed by atoms with E-state index in [-0.39, 0.29) is 0 Å². The topological polar surface area (TPSA) is 23.8 Å². The maximum atomic E-state index is 8.67.